The van der Waals surface area contributed by atoms with Crippen LogP contribution in [-0.4, -0.2) is 30.2 Å². The van der Waals surface area contributed by atoms with Crippen LogP contribution in [0, 0.1) is 0 Å². The number of nitrogens with zero attached hydrogens (tertiary/aromatic N) is 2. The average Bonchev–Trinajstić information content (AvgIpc) is 2.36. The van der Waals surface area contributed by atoms with E-state index in [-0.39, 0.29) is 5.56 Å². The van der Waals surface area contributed by atoms with Crippen molar-refractivity contribution in [2.24, 2.45) is 0 Å². The fourth-order valence-corrected chi connectivity index (χ4v) is 1.93. The van der Waals surface area contributed by atoms with Gasteiger partial charge in [-0.3, -0.25) is 0 Å². The molecule has 0 fully saturated rings. The van der Waals surface area contributed by atoms with Crippen LogP contribution in [0.4, 0.5) is 5.82 Å². The van der Waals surface area contributed by atoms with Crippen LogP contribution in [0.15, 0.2) is 24.3 Å². The summed E-state index contributed by atoms with van der Waals surface area (Å²) in [6.07, 6.45) is 0.924. The summed E-state index contributed by atoms with van der Waals surface area (Å²) >= 11 is 0. The molecular formula is C14H16N2O2. The Morgan fingerprint density at radius 2 is 2.06 bits per heavy atom. The molecule has 2 rings (SSSR count). The fraction of sp³-hybridized carbons (Fsp3) is 0.286. The molecule has 0 saturated carbocycles. The lowest BCUT2D eigenvalue weighted by atomic mass is 10.1. The van der Waals surface area contributed by atoms with E-state index in [1.807, 2.05) is 18.2 Å². The van der Waals surface area contributed by atoms with Crippen molar-refractivity contribution in [1.29, 1.82) is 0 Å². The second-order valence-electron chi connectivity index (χ2n) is 4.44. The standard InChI is InChI=1S/C14H16N2O2/c1-4-9-5-6-12-10(7-9)8-11(14(17)18)13(15-12)16(2)3/h5-8H,4H2,1-3H3,(H,17,18). The highest BCUT2D eigenvalue weighted by atomic mass is 16.4. The molecule has 1 aromatic carbocycles. The Labute approximate surface area is 106 Å². The van der Waals surface area contributed by atoms with Crippen LogP contribution in [0.3, 0.4) is 0 Å². The van der Waals surface area contributed by atoms with Gasteiger partial charge in [0.1, 0.15) is 11.4 Å². The first-order chi connectivity index (χ1) is 8.52. The van der Waals surface area contributed by atoms with Gasteiger partial charge in [-0.15, -0.1) is 0 Å². The molecule has 0 bridgehead atoms. The van der Waals surface area contributed by atoms with Gasteiger partial charge in [-0.05, 0) is 30.2 Å². The van der Waals surface area contributed by atoms with E-state index < -0.39 is 5.97 Å². The van der Waals surface area contributed by atoms with Crippen LogP contribution in [0.5, 0.6) is 0 Å². The Balaban J connectivity index is 2.72. The lowest BCUT2D eigenvalue weighted by Crippen LogP contribution is -2.15. The summed E-state index contributed by atoms with van der Waals surface area (Å²) in [4.78, 5) is 17.4. The lowest BCUT2D eigenvalue weighted by molar-refractivity contribution is 0.0697. The maximum Gasteiger partial charge on any atom is 0.339 e. The van der Waals surface area contributed by atoms with E-state index in [9.17, 15) is 9.90 Å². The van der Waals surface area contributed by atoms with Gasteiger partial charge in [0.2, 0.25) is 0 Å². The third-order valence-corrected chi connectivity index (χ3v) is 2.92. The predicted molar refractivity (Wildman–Crippen MR) is 72.4 cm³/mol. The van der Waals surface area contributed by atoms with Gasteiger partial charge in [0.25, 0.3) is 0 Å². The van der Waals surface area contributed by atoms with Gasteiger partial charge in [-0.25, -0.2) is 9.78 Å². The zero-order valence-corrected chi connectivity index (χ0v) is 10.8. The molecule has 94 valence electrons. The van der Waals surface area contributed by atoms with Crippen molar-refractivity contribution in [2.75, 3.05) is 19.0 Å². The van der Waals surface area contributed by atoms with Gasteiger partial charge in [0, 0.05) is 19.5 Å². The first-order valence-electron chi connectivity index (χ1n) is 5.87. The lowest BCUT2D eigenvalue weighted by Gasteiger charge is -2.15. The molecule has 1 heterocycles. The predicted octanol–water partition coefficient (Wildman–Crippen LogP) is 2.56. The first-order valence-corrected chi connectivity index (χ1v) is 5.87. The number of hydrogen-bond acceptors (Lipinski definition) is 3. The van der Waals surface area contributed by atoms with E-state index >= 15 is 0 Å². The molecule has 0 atom stereocenters. The van der Waals surface area contributed by atoms with Gasteiger partial charge >= 0.3 is 5.97 Å². The summed E-state index contributed by atoms with van der Waals surface area (Å²) in [6, 6.07) is 7.65. The monoisotopic (exact) mass is 244 g/mol. The molecule has 0 aliphatic rings. The maximum atomic E-state index is 11.3. The van der Waals surface area contributed by atoms with Crippen molar-refractivity contribution in [2.45, 2.75) is 13.3 Å². The summed E-state index contributed by atoms with van der Waals surface area (Å²) in [5.41, 5.74) is 2.24. The molecule has 0 amide bonds. The van der Waals surface area contributed by atoms with Crippen LogP contribution in [-0.2, 0) is 6.42 Å². The second kappa shape index (κ2) is 4.64. The van der Waals surface area contributed by atoms with E-state index in [0.717, 1.165) is 17.3 Å². The number of aromatic nitrogens is 1. The molecule has 1 aromatic heterocycles. The molecule has 0 unspecified atom stereocenters. The molecule has 2 aromatic rings. The number of anilines is 1. The fourth-order valence-electron chi connectivity index (χ4n) is 1.93. The van der Waals surface area contributed by atoms with Gasteiger partial charge in [0.15, 0.2) is 0 Å². The van der Waals surface area contributed by atoms with E-state index in [1.54, 1.807) is 25.1 Å². The molecule has 1 N–H and O–H groups in total. The first kappa shape index (κ1) is 12.4. The maximum absolute atomic E-state index is 11.3. The van der Waals surface area contributed by atoms with Gasteiger partial charge in [-0.2, -0.15) is 0 Å². The molecule has 0 aliphatic carbocycles. The number of aryl methyl sites for hydroxylation is 1. The third-order valence-electron chi connectivity index (χ3n) is 2.92. The quantitative estimate of drug-likeness (QED) is 0.901. The summed E-state index contributed by atoms with van der Waals surface area (Å²) in [5, 5.41) is 10.1. The Bertz CT molecular complexity index is 606. The van der Waals surface area contributed by atoms with Crippen LogP contribution in [0.2, 0.25) is 0 Å². The molecule has 18 heavy (non-hydrogen) atoms. The molecule has 0 spiro atoms. The molecule has 0 aliphatic heterocycles. The number of benzene rings is 1. The summed E-state index contributed by atoms with van der Waals surface area (Å²) in [6.45, 7) is 2.07. The Morgan fingerprint density at radius 3 is 2.61 bits per heavy atom. The van der Waals surface area contributed by atoms with E-state index in [0.29, 0.717) is 5.82 Å². The Morgan fingerprint density at radius 1 is 1.33 bits per heavy atom. The van der Waals surface area contributed by atoms with E-state index in [1.165, 1.54) is 5.56 Å². The Kier molecular flexibility index (Phi) is 3.19. The number of carboxylic acids is 1. The van der Waals surface area contributed by atoms with Crippen LogP contribution in [0.1, 0.15) is 22.8 Å². The van der Waals surface area contributed by atoms with E-state index in [4.69, 9.17) is 0 Å². The number of carbonyl (C=O) groups is 1. The number of pyridine rings is 1. The van der Waals surface area contributed by atoms with Crippen LogP contribution in [0.25, 0.3) is 10.9 Å². The average molecular weight is 244 g/mol. The molecule has 0 radical (unpaired) electrons. The van der Waals surface area contributed by atoms with Crippen molar-refractivity contribution in [3.63, 3.8) is 0 Å². The van der Waals surface area contributed by atoms with Gasteiger partial charge in [-0.1, -0.05) is 13.0 Å². The van der Waals surface area contributed by atoms with Crippen molar-refractivity contribution >= 4 is 22.7 Å². The highest BCUT2D eigenvalue weighted by Gasteiger charge is 2.14. The van der Waals surface area contributed by atoms with Crippen molar-refractivity contribution in [1.82, 2.24) is 4.98 Å². The third kappa shape index (κ3) is 2.14. The molecule has 0 saturated heterocycles. The normalized spacial score (nSPS) is 10.6. The minimum atomic E-state index is -0.949. The highest BCUT2D eigenvalue weighted by molar-refractivity contribution is 5.98. The van der Waals surface area contributed by atoms with Crippen molar-refractivity contribution in [3.8, 4) is 0 Å². The largest absolute Gasteiger partial charge is 0.478 e. The summed E-state index contributed by atoms with van der Waals surface area (Å²) < 4.78 is 0. The highest BCUT2D eigenvalue weighted by Crippen LogP contribution is 2.23. The van der Waals surface area contributed by atoms with Crippen molar-refractivity contribution in [3.05, 3.63) is 35.4 Å². The summed E-state index contributed by atoms with van der Waals surface area (Å²) in [7, 11) is 3.59. The molecule has 4 heteroatoms. The van der Waals surface area contributed by atoms with E-state index in [2.05, 4.69) is 11.9 Å². The topological polar surface area (TPSA) is 53.4 Å². The summed E-state index contributed by atoms with van der Waals surface area (Å²) in [5.74, 6) is -0.464. The number of aromatic carboxylic acids is 1. The second-order valence-corrected chi connectivity index (χ2v) is 4.44. The number of carboxylic acid groups (broad SMARTS) is 1. The smallest absolute Gasteiger partial charge is 0.339 e. The number of fused-ring (bicyclic) bond motifs is 1. The minimum Gasteiger partial charge on any atom is -0.478 e. The van der Waals surface area contributed by atoms with Crippen LogP contribution < -0.4 is 4.90 Å². The molecular weight excluding hydrogens is 228 g/mol. The minimum absolute atomic E-state index is 0.237. The van der Waals surface area contributed by atoms with Crippen LogP contribution >= 0.6 is 0 Å². The molecule has 4 nitrogen and oxygen atoms in total. The number of rotatable bonds is 3. The van der Waals surface area contributed by atoms with Gasteiger partial charge < -0.3 is 10.0 Å². The van der Waals surface area contributed by atoms with Crippen molar-refractivity contribution < 1.29 is 9.90 Å². The SMILES string of the molecule is CCc1ccc2nc(N(C)C)c(C(=O)O)cc2c1. The number of hydrogen-bond donors (Lipinski definition) is 1. The Hall–Kier alpha value is -2.10. The zero-order valence-electron chi connectivity index (χ0n) is 10.8. The zero-order chi connectivity index (χ0) is 13.3. The van der Waals surface area contributed by atoms with Gasteiger partial charge in [0.05, 0.1) is 5.52 Å².